The molecule has 1 aromatic heterocycles. The summed E-state index contributed by atoms with van der Waals surface area (Å²) >= 11 is 3.56. The summed E-state index contributed by atoms with van der Waals surface area (Å²) in [5.74, 6) is 0. The van der Waals surface area contributed by atoms with Gasteiger partial charge in [-0.05, 0) is 84.1 Å². The molecule has 2 saturated heterocycles. The van der Waals surface area contributed by atoms with E-state index in [-0.39, 0.29) is 6.10 Å². The van der Waals surface area contributed by atoms with Gasteiger partial charge >= 0.3 is 0 Å². The van der Waals surface area contributed by atoms with Gasteiger partial charge < -0.3 is 5.11 Å². The number of likely N-dealkylation sites (tertiary alicyclic amines) is 2. The highest BCUT2D eigenvalue weighted by molar-refractivity contribution is 7.98. The first-order valence-corrected chi connectivity index (χ1v) is 12.1. The van der Waals surface area contributed by atoms with E-state index in [9.17, 15) is 5.11 Å². The molecule has 0 saturated carbocycles. The Bertz CT molecular complexity index is 708. The number of benzene rings is 1. The highest BCUT2D eigenvalue weighted by Crippen LogP contribution is 2.40. The summed E-state index contributed by atoms with van der Waals surface area (Å²) in [7, 11) is 0. The highest BCUT2D eigenvalue weighted by Gasteiger charge is 2.41. The minimum absolute atomic E-state index is 0.178. The number of nitrogens with zero attached hydrogens (tertiary/aromatic N) is 2. The lowest BCUT2D eigenvalue weighted by Gasteiger charge is -2.49. The monoisotopic (exact) mass is 402 g/mol. The molecule has 1 atom stereocenters. The molecule has 5 heteroatoms. The molecule has 0 amide bonds. The summed E-state index contributed by atoms with van der Waals surface area (Å²) in [6.07, 6.45) is 5.33. The van der Waals surface area contributed by atoms with E-state index in [0.29, 0.717) is 5.41 Å². The second-order valence-corrected chi connectivity index (χ2v) is 9.94. The minimum atomic E-state index is -0.178. The first-order valence-electron chi connectivity index (χ1n) is 9.91. The van der Waals surface area contributed by atoms with Gasteiger partial charge in [-0.25, -0.2) is 0 Å². The van der Waals surface area contributed by atoms with E-state index < -0.39 is 0 Å². The fourth-order valence-electron chi connectivity index (χ4n) is 4.76. The van der Waals surface area contributed by atoms with Gasteiger partial charge in [0.15, 0.2) is 0 Å². The van der Waals surface area contributed by atoms with Crippen molar-refractivity contribution < 1.29 is 5.11 Å². The Morgan fingerprint density at radius 3 is 2.48 bits per heavy atom. The lowest BCUT2D eigenvalue weighted by molar-refractivity contribution is -0.0446. The SMILES string of the molecule is CSc1ccc(CN2CCC3(CC2)CC(O)CN(Cc2ccsc2)C3)cc1. The normalized spacial score (nSPS) is 23.7. The fraction of sp³-hybridized carbons (Fsp3) is 0.545. The number of thiophene rings is 1. The van der Waals surface area contributed by atoms with Gasteiger partial charge in [-0.2, -0.15) is 11.3 Å². The zero-order chi connectivity index (χ0) is 18.7. The molecule has 0 aliphatic carbocycles. The average Bonchev–Trinajstić information content (AvgIpc) is 3.17. The lowest BCUT2D eigenvalue weighted by atomic mass is 9.71. The summed E-state index contributed by atoms with van der Waals surface area (Å²) in [6, 6.07) is 11.2. The van der Waals surface area contributed by atoms with Crippen molar-refractivity contribution >= 4 is 23.1 Å². The largest absolute Gasteiger partial charge is 0.392 e. The maximum atomic E-state index is 10.5. The molecule has 1 spiro atoms. The Morgan fingerprint density at radius 1 is 1.07 bits per heavy atom. The summed E-state index contributed by atoms with van der Waals surface area (Å²) in [5.41, 5.74) is 3.09. The van der Waals surface area contributed by atoms with Crippen molar-refractivity contribution in [3.05, 3.63) is 52.2 Å². The van der Waals surface area contributed by atoms with Gasteiger partial charge in [0.2, 0.25) is 0 Å². The van der Waals surface area contributed by atoms with Gasteiger partial charge in [0.05, 0.1) is 6.10 Å². The van der Waals surface area contributed by atoms with Crippen LogP contribution in [0.15, 0.2) is 46.0 Å². The zero-order valence-corrected chi connectivity index (χ0v) is 17.8. The number of aliphatic hydroxyl groups is 1. The predicted molar refractivity (Wildman–Crippen MR) is 115 cm³/mol. The molecule has 0 radical (unpaired) electrons. The highest BCUT2D eigenvalue weighted by atomic mass is 32.2. The van der Waals surface area contributed by atoms with Crippen LogP contribution in [0, 0.1) is 5.41 Å². The number of thioether (sulfide) groups is 1. The molecule has 1 unspecified atom stereocenters. The Labute approximate surface area is 171 Å². The molecule has 2 aromatic rings. The second-order valence-electron chi connectivity index (χ2n) is 8.28. The van der Waals surface area contributed by atoms with Crippen molar-refractivity contribution in [3.8, 4) is 0 Å². The van der Waals surface area contributed by atoms with Crippen LogP contribution in [0.2, 0.25) is 0 Å². The van der Waals surface area contributed by atoms with Crippen molar-refractivity contribution in [1.82, 2.24) is 9.80 Å². The van der Waals surface area contributed by atoms with Crippen molar-refractivity contribution in [2.24, 2.45) is 5.41 Å². The summed E-state index contributed by atoms with van der Waals surface area (Å²) in [4.78, 5) is 6.40. The van der Waals surface area contributed by atoms with Crippen LogP contribution in [-0.2, 0) is 13.1 Å². The van der Waals surface area contributed by atoms with E-state index in [4.69, 9.17) is 0 Å². The minimum Gasteiger partial charge on any atom is -0.392 e. The third kappa shape index (κ3) is 4.96. The van der Waals surface area contributed by atoms with Crippen LogP contribution in [0.4, 0.5) is 0 Å². The van der Waals surface area contributed by atoms with Gasteiger partial charge in [0.1, 0.15) is 0 Å². The van der Waals surface area contributed by atoms with Gasteiger partial charge in [-0.3, -0.25) is 9.80 Å². The number of hydrogen-bond acceptors (Lipinski definition) is 5. The Morgan fingerprint density at radius 2 is 1.81 bits per heavy atom. The molecule has 146 valence electrons. The van der Waals surface area contributed by atoms with Gasteiger partial charge in [0.25, 0.3) is 0 Å². The molecule has 27 heavy (non-hydrogen) atoms. The molecule has 2 fully saturated rings. The molecule has 0 bridgehead atoms. The van der Waals surface area contributed by atoms with Crippen molar-refractivity contribution in [3.63, 3.8) is 0 Å². The number of hydrogen-bond donors (Lipinski definition) is 1. The predicted octanol–water partition coefficient (Wildman–Crippen LogP) is 4.32. The van der Waals surface area contributed by atoms with Crippen LogP contribution in [-0.4, -0.2) is 53.4 Å². The summed E-state index contributed by atoms with van der Waals surface area (Å²) < 4.78 is 0. The molecule has 2 aliphatic heterocycles. The lowest BCUT2D eigenvalue weighted by Crippen LogP contribution is -2.53. The van der Waals surface area contributed by atoms with Crippen molar-refractivity contribution in [2.75, 3.05) is 32.4 Å². The van der Waals surface area contributed by atoms with Gasteiger partial charge in [-0.1, -0.05) is 12.1 Å². The maximum absolute atomic E-state index is 10.5. The maximum Gasteiger partial charge on any atom is 0.0673 e. The first kappa shape index (κ1) is 19.5. The molecule has 3 heterocycles. The quantitative estimate of drug-likeness (QED) is 0.754. The molecular weight excluding hydrogens is 372 g/mol. The molecule has 1 N–H and O–H groups in total. The van der Waals surface area contributed by atoms with Crippen LogP contribution in [0.1, 0.15) is 30.4 Å². The van der Waals surface area contributed by atoms with E-state index in [1.165, 1.54) is 28.9 Å². The van der Waals surface area contributed by atoms with Crippen LogP contribution < -0.4 is 0 Å². The van der Waals surface area contributed by atoms with Crippen molar-refractivity contribution in [1.29, 1.82) is 0 Å². The molecule has 2 aliphatic rings. The number of β-amino-alcohol motifs (C(OH)–C–C–N with tert-alkyl or cyclic N) is 1. The topological polar surface area (TPSA) is 26.7 Å². The molecule has 1 aromatic carbocycles. The van der Waals surface area contributed by atoms with Crippen LogP contribution in [0.25, 0.3) is 0 Å². The zero-order valence-electron chi connectivity index (χ0n) is 16.1. The Hall–Kier alpha value is -0.850. The second kappa shape index (κ2) is 8.66. The average molecular weight is 403 g/mol. The Kier molecular flexibility index (Phi) is 6.25. The van der Waals surface area contributed by atoms with Gasteiger partial charge in [0, 0.05) is 31.1 Å². The molecule has 3 nitrogen and oxygen atoms in total. The summed E-state index contributed by atoms with van der Waals surface area (Å²) in [6.45, 7) is 6.27. The van der Waals surface area contributed by atoms with E-state index in [2.05, 4.69) is 57.1 Å². The first-order chi connectivity index (χ1) is 13.1. The van der Waals surface area contributed by atoms with Crippen LogP contribution in [0.5, 0.6) is 0 Å². The third-order valence-electron chi connectivity index (χ3n) is 6.16. The Balaban J connectivity index is 1.33. The van der Waals surface area contributed by atoms with E-state index in [0.717, 1.165) is 45.7 Å². The number of piperidine rings is 2. The summed E-state index contributed by atoms with van der Waals surface area (Å²) in [5, 5.41) is 14.9. The molecule has 4 rings (SSSR count). The smallest absolute Gasteiger partial charge is 0.0673 e. The van der Waals surface area contributed by atoms with Gasteiger partial charge in [-0.15, -0.1) is 11.8 Å². The molecular formula is C22H30N2OS2. The van der Waals surface area contributed by atoms with E-state index >= 15 is 0 Å². The number of rotatable bonds is 5. The standard InChI is InChI=1S/C22H30N2OS2/c1-26-21-4-2-18(3-5-21)13-23-9-7-22(8-10-23)12-20(25)15-24(17-22)14-19-6-11-27-16-19/h2-6,11,16,20,25H,7-10,12-15,17H2,1H3. The van der Waals surface area contributed by atoms with Crippen LogP contribution in [0.3, 0.4) is 0 Å². The van der Waals surface area contributed by atoms with Crippen LogP contribution >= 0.6 is 23.1 Å². The van der Waals surface area contributed by atoms with E-state index in [1.807, 2.05) is 0 Å². The van der Waals surface area contributed by atoms with E-state index in [1.54, 1.807) is 23.1 Å². The number of aliphatic hydroxyl groups excluding tert-OH is 1. The third-order valence-corrected chi connectivity index (χ3v) is 7.64. The fourth-order valence-corrected chi connectivity index (χ4v) is 5.83. The van der Waals surface area contributed by atoms with Crippen molar-refractivity contribution in [2.45, 2.75) is 43.4 Å².